The molecule has 0 aliphatic heterocycles. The molecular weight excluding hydrogens is 154 g/mol. The molecule has 0 aliphatic carbocycles. The van der Waals surface area contributed by atoms with Crippen LogP contribution in [0.15, 0.2) is 11.5 Å². The summed E-state index contributed by atoms with van der Waals surface area (Å²) in [4.78, 5) is 1.11. The quantitative estimate of drug-likeness (QED) is 0.625. The van der Waals surface area contributed by atoms with Crippen LogP contribution in [-0.4, -0.2) is 12.3 Å². The molecule has 0 saturated carbocycles. The molecule has 2 N–H and O–H groups in total. The first-order chi connectivity index (χ1) is 5.22. The number of thioether (sulfide) groups is 1. The van der Waals surface area contributed by atoms with Crippen molar-refractivity contribution >= 4 is 11.8 Å². The lowest BCUT2D eigenvalue weighted by Gasteiger charge is -2.11. The summed E-state index contributed by atoms with van der Waals surface area (Å²) in [7, 11) is 0. The van der Waals surface area contributed by atoms with Crippen LogP contribution in [0.25, 0.3) is 0 Å². The summed E-state index contributed by atoms with van der Waals surface area (Å²) < 4.78 is 0. The number of nitrogens with two attached hydrogens (primary N) is 1. The third kappa shape index (κ3) is 5.33. The van der Waals surface area contributed by atoms with E-state index in [0.717, 1.165) is 11.3 Å². The van der Waals surface area contributed by atoms with Gasteiger partial charge in [-0.25, -0.2) is 0 Å². The lowest BCUT2D eigenvalue weighted by atomic mass is 10.1. The molecule has 0 spiro atoms. The fraction of sp³-hybridized carbons (Fsp3) is 0.778. The van der Waals surface area contributed by atoms with E-state index in [0.29, 0.717) is 0 Å². The maximum atomic E-state index is 5.85. The summed E-state index contributed by atoms with van der Waals surface area (Å²) in [5.41, 5.74) is 5.85. The van der Waals surface area contributed by atoms with Crippen molar-refractivity contribution in [3.63, 3.8) is 0 Å². The fourth-order valence-electron chi connectivity index (χ4n) is 0.927. The van der Waals surface area contributed by atoms with Crippen LogP contribution in [-0.2, 0) is 0 Å². The molecule has 0 heterocycles. The molecule has 2 heteroatoms. The Bertz CT molecular complexity index is 112. The minimum absolute atomic E-state index is 0.205. The monoisotopic (exact) mass is 173 g/mol. The Morgan fingerprint density at radius 2 is 2.18 bits per heavy atom. The van der Waals surface area contributed by atoms with Crippen molar-refractivity contribution in [2.45, 2.75) is 38.6 Å². The maximum absolute atomic E-state index is 5.85. The zero-order valence-electron chi connectivity index (χ0n) is 7.60. The molecule has 0 aromatic rings. The normalized spacial score (nSPS) is 13.0. The molecule has 0 aliphatic rings. The predicted molar refractivity (Wildman–Crippen MR) is 54.8 cm³/mol. The Morgan fingerprint density at radius 1 is 1.55 bits per heavy atom. The van der Waals surface area contributed by atoms with Gasteiger partial charge in [-0.1, -0.05) is 32.8 Å². The van der Waals surface area contributed by atoms with Crippen molar-refractivity contribution in [1.29, 1.82) is 0 Å². The van der Waals surface area contributed by atoms with Crippen molar-refractivity contribution < 1.29 is 0 Å². The molecule has 0 aromatic carbocycles. The van der Waals surface area contributed by atoms with Gasteiger partial charge < -0.3 is 5.73 Å². The van der Waals surface area contributed by atoms with Crippen LogP contribution >= 0.6 is 11.8 Å². The fourth-order valence-corrected chi connectivity index (χ4v) is 1.35. The number of hydrogen-bond donors (Lipinski definition) is 1. The highest BCUT2D eigenvalue weighted by molar-refractivity contribution is 8.02. The van der Waals surface area contributed by atoms with Gasteiger partial charge in [0, 0.05) is 6.04 Å². The van der Waals surface area contributed by atoms with Gasteiger partial charge in [0.05, 0.1) is 0 Å². The minimum Gasteiger partial charge on any atom is -0.324 e. The average Bonchev–Trinajstić information content (AvgIpc) is 2.03. The first-order valence-electron chi connectivity index (χ1n) is 4.20. The minimum atomic E-state index is 0.205. The molecule has 1 atom stereocenters. The Labute approximate surface area is 74.4 Å². The highest BCUT2D eigenvalue weighted by Gasteiger charge is 2.04. The second-order valence-electron chi connectivity index (χ2n) is 2.77. The lowest BCUT2D eigenvalue weighted by Crippen LogP contribution is -2.20. The molecule has 1 unspecified atom stereocenters. The second kappa shape index (κ2) is 6.74. The van der Waals surface area contributed by atoms with E-state index >= 15 is 0 Å². The van der Waals surface area contributed by atoms with Gasteiger partial charge in [0.2, 0.25) is 0 Å². The largest absolute Gasteiger partial charge is 0.324 e. The van der Waals surface area contributed by atoms with Crippen LogP contribution in [0, 0.1) is 0 Å². The van der Waals surface area contributed by atoms with Crippen molar-refractivity contribution in [3.05, 3.63) is 11.5 Å². The molecule has 0 aromatic heterocycles. The average molecular weight is 173 g/mol. The number of rotatable bonds is 6. The van der Waals surface area contributed by atoms with E-state index in [1.165, 1.54) is 19.3 Å². The maximum Gasteiger partial charge on any atom is 0.0348 e. The standard InChI is InChI=1S/C9H19NS/c1-4-5-6-7-9(10)8(2)11-3/h9H,2,4-7,10H2,1,3H3. The van der Waals surface area contributed by atoms with E-state index < -0.39 is 0 Å². The van der Waals surface area contributed by atoms with E-state index in [4.69, 9.17) is 5.73 Å². The van der Waals surface area contributed by atoms with E-state index in [9.17, 15) is 0 Å². The van der Waals surface area contributed by atoms with Gasteiger partial charge in [-0.15, -0.1) is 11.8 Å². The molecule has 0 rings (SSSR count). The molecule has 0 bridgehead atoms. The summed E-state index contributed by atoms with van der Waals surface area (Å²) in [6.07, 6.45) is 6.90. The van der Waals surface area contributed by atoms with Gasteiger partial charge in [-0.3, -0.25) is 0 Å². The predicted octanol–water partition coefficient (Wildman–Crippen LogP) is 2.77. The van der Waals surface area contributed by atoms with Gasteiger partial charge in [0.1, 0.15) is 0 Å². The van der Waals surface area contributed by atoms with Crippen molar-refractivity contribution in [1.82, 2.24) is 0 Å². The molecule has 0 saturated heterocycles. The van der Waals surface area contributed by atoms with Crippen LogP contribution in [0.4, 0.5) is 0 Å². The number of hydrogen-bond acceptors (Lipinski definition) is 2. The Morgan fingerprint density at radius 3 is 2.64 bits per heavy atom. The third-order valence-corrected chi connectivity index (χ3v) is 2.62. The summed E-state index contributed by atoms with van der Waals surface area (Å²) in [5.74, 6) is 0. The van der Waals surface area contributed by atoms with Crippen LogP contribution in [0.3, 0.4) is 0 Å². The van der Waals surface area contributed by atoms with E-state index in [1.807, 2.05) is 6.26 Å². The Kier molecular flexibility index (Phi) is 6.77. The van der Waals surface area contributed by atoms with E-state index in [1.54, 1.807) is 11.8 Å². The zero-order valence-corrected chi connectivity index (χ0v) is 8.41. The highest BCUT2D eigenvalue weighted by atomic mass is 32.2. The first kappa shape index (κ1) is 11.1. The van der Waals surface area contributed by atoms with Crippen LogP contribution < -0.4 is 5.73 Å². The second-order valence-corrected chi connectivity index (χ2v) is 3.71. The van der Waals surface area contributed by atoms with Gasteiger partial charge >= 0.3 is 0 Å². The summed E-state index contributed by atoms with van der Waals surface area (Å²) >= 11 is 1.67. The third-order valence-electron chi connectivity index (χ3n) is 1.79. The van der Waals surface area contributed by atoms with Gasteiger partial charge in [-0.05, 0) is 17.6 Å². The summed E-state index contributed by atoms with van der Waals surface area (Å²) in [5, 5.41) is 0. The van der Waals surface area contributed by atoms with Crippen LogP contribution in [0.5, 0.6) is 0 Å². The van der Waals surface area contributed by atoms with Gasteiger partial charge in [0.15, 0.2) is 0 Å². The van der Waals surface area contributed by atoms with Gasteiger partial charge in [-0.2, -0.15) is 0 Å². The molecule has 0 radical (unpaired) electrons. The lowest BCUT2D eigenvalue weighted by molar-refractivity contribution is 0.619. The van der Waals surface area contributed by atoms with Crippen molar-refractivity contribution in [2.75, 3.05) is 6.26 Å². The van der Waals surface area contributed by atoms with Crippen molar-refractivity contribution in [2.24, 2.45) is 5.73 Å². The molecule has 11 heavy (non-hydrogen) atoms. The van der Waals surface area contributed by atoms with Crippen LogP contribution in [0.1, 0.15) is 32.6 Å². The topological polar surface area (TPSA) is 26.0 Å². The number of unbranched alkanes of at least 4 members (excludes halogenated alkanes) is 2. The summed E-state index contributed by atoms with van der Waals surface area (Å²) in [6, 6.07) is 0.205. The molecule has 66 valence electrons. The molecule has 0 fully saturated rings. The van der Waals surface area contributed by atoms with E-state index in [2.05, 4.69) is 13.5 Å². The van der Waals surface area contributed by atoms with E-state index in [-0.39, 0.29) is 6.04 Å². The SMILES string of the molecule is C=C(SC)C(N)CCCCC. The first-order valence-corrected chi connectivity index (χ1v) is 5.43. The molecular formula is C9H19NS. The Hall–Kier alpha value is 0.0500. The van der Waals surface area contributed by atoms with Gasteiger partial charge in [0.25, 0.3) is 0 Å². The smallest absolute Gasteiger partial charge is 0.0348 e. The Balaban J connectivity index is 3.36. The zero-order chi connectivity index (χ0) is 8.69. The van der Waals surface area contributed by atoms with Crippen molar-refractivity contribution in [3.8, 4) is 0 Å². The van der Waals surface area contributed by atoms with Crippen LogP contribution in [0.2, 0.25) is 0 Å². The highest BCUT2D eigenvalue weighted by Crippen LogP contribution is 2.16. The molecule has 0 amide bonds. The summed E-state index contributed by atoms with van der Waals surface area (Å²) in [6.45, 7) is 6.09. The molecule has 1 nitrogen and oxygen atoms in total.